The van der Waals surface area contributed by atoms with E-state index in [1.807, 2.05) is 6.92 Å². The van der Waals surface area contributed by atoms with Gasteiger partial charge in [-0.15, -0.1) is 0 Å². The summed E-state index contributed by atoms with van der Waals surface area (Å²) < 4.78 is 9.87. The molecule has 2 aromatic carbocycles. The van der Waals surface area contributed by atoms with Crippen LogP contribution in [0.5, 0.6) is 5.75 Å². The first-order valence-corrected chi connectivity index (χ1v) is 8.40. The zero-order valence-electron chi connectivity index (χ0n) is 14.9. The molecule has 0 saturated carbocycles. The molecule has 8 heteroatoms. The predicted molar refractivity (Wildman–Crippen MR) is 101 cm³/mol. The second-order valence-corrected chi connectivity index (χ2v) is 6.01. The number of anilines is 1. The zero-order chi connectivity index (χ0) is 19.8. The van der Waals surface area contributed by atoms with Crippen molar-refractivity contribution in [3.63, 3.8) is 0 Å². The summed E-state index contributed by atoms with van der Waals surface area (Å²) in [5.74, 6) is -1.21. The van der Waals surface area contributed by atoms with Gasteiger partial charge in [-0.2, -0.15) is 0 Å². The zero-order valence-corrected chi connectivity index (χ0v) is 15.6. The second-order valence-electron chi connectivity index (χ2n) is 5.61. The Balaban J connectivity index is 1.76. The number of hydrogen-bond donors (Lipinski definition) is 2. The molecule has 0 aromatic heterocycles. The van der Waals surface area contributed by atoms with Crippen LogP contribution in [0.3, 0.4) is 0 Å². The number of carbonyl (C=O) groups excluding carboxylic acids is 3. The number of rotatable bonds is 7. The van der Waals surface area contributed by atoms with E-state index in [1.165, 1.54) is 7.11 Å². The van der Waals surface area contributed by atoms with Gasteiger partial charge in [0.25, 0.3) is 11.8 Å². The highest BCUT2D eigenvalue weighted by Crippen LogP contribution is 2.22. The van der Waals surface area contributed by atoms with E-state index in [4.69, 9.17) is 21.1 Å². The standard InChI is InChI=1S/C19H19ClN2O5/c1-12-6-7-16(15(20)8-12)22-17(23)11-27-18(24)10-21-19(25)13-4-3-5-14(9-13)26-2/h3-9H,10-11H2,1-2H3,(H,21,25)(H,22,23). The minimum absolute atomic E-state index is 0.342. The first kappa shape index (κ1) is 20.3. The average Bonchev–Trinajstić information content (AvgIpc) is 2.66. The molecule has 0 spiro atoms. The van der Waals surface area contributed by atoms with Gasteiger partial charge < -0.3 is 20.1 Å². The molecule has 2 aromatic rings. The molecule has 2 rings (SSSR count). The number of esters is 1. The highest BCUT2D eigenvalue weighted by molar-refractivity contribution is 6.33. The van der Waals surface area contributed by atoms with Gasteiger partial charge in [-0.25, -0.2) is 0 Å². The Hall–Kier alpha value is -3.06. The fourth-order valence-corrected chi connectivity index (χ4v) is 2.41. The fraction of sp³-hybridized carbons (Fsp3) is 0.211. The van der Waals surface area contributed by atoms with E-state index in [0.29, 0.717) is 22.0 Å². The lowest BCUT2D eigenvalue weighted by Crippen LogP contribution is -2.32. The van der Waals surface area contributed by atoms with Crippen LogP contribution in [-0.2, 0) is 14.3 Å². The van der Waals surface area contributed by atoms with Gasteiger partial charge in [0.15, 0.2) is 6.61 Å². The number of carbonyl (C=O) groups is 3. The Kier molecular flexibility index (Phi) is 7.19. The Bertz CT molecular complexity index is 854. The van der Waals surface area contributed by atoms with Gasteiger partial charge in [0, 0.05) is 5.56 Å². The molecule has 0 aliphatic carbocycles. The monoisotopic (exact) mass is 390 g/mol. The molecular formula is C19H19ClN2O5. The third-order valence-corrected chi connectivity index (χ3v) is 3.80. The summed E-state index contributed by atoms with van der Waals surface area (Å²) in [5.41, 5.74) is 1.72. The van der Waals surface area contributed by atoms with Crippen LogP contribution < -0.4 is 15.4 Å². The van der Waals surface area contributed by atoms with Crippen LogP contribution in [-0.4, -0.2) is 38.0 Å². The predicted octanol–water partition coefficient (Wildman–Crippen LogP) is 2.57. The van der Waals surface area contributed by atoms with Crippen molar-refractivity contribution in [2.24, 2.45) is 0 Å². The van der Waals surface area contributed by atoms with Crippen LogP contribution in [0, 0.1) is 6.92 Å². The third-order valence-electron chi connectivity index (χ3n) is 3.49. The molecule has 7 nitrogen and oxygen atoms in total. The molecule has 0 aliphatic heterocycles. The van der Waals surface area contributed by atoms with Crippen LogP contribution in [0.4, 0.5) is 5.69 Å². The summed E-state index contributed by atoms with van der Waals surface area (Å²) in [6.07, 6.45) is 0. The maximum Gasteiger partial charge on any atom is 0.325 e. The van der Waals surface area contributed by atoms with Gasteiger partial charge in [-0.1, -0.05) is 23.7 Å². The number of aryl methyl sites for hydroxylation is 1. The van der Waals surface area contributed by atoms with Crippen LogP contribution in [0.1, 0.15) is 15.9 Å². The molecular weight excluding hydrogens is 372 g/mol. The second kappa shape index (κ2) is 9.59. The average molecular weight is 391 g/mol. The Labute approximate surface area is 161 Å². The molecule has 0 bridgehead atoms. The van der Waals surface area contributed by atoms with Gasteiger partial charge in [0.2, 0.25) is 0 Å². The Morgan fingerprint density at radius 1 is 1.11 bits per heavy atom. The molecule has 0 heterocycles. The van der Waals surface area contributed by atoms with Crippen LogP contribution in [0.15, 0.2) is 42.5 Å². The van der Waals surface area contributed by atoms with Gasteiger partial charge in [0.05, 0.1) is 17.8 Å². The molecule has 27 heavy (non-hydrogen) atoms. The fourth-order valence-electron chi connectivity index (χ4n) is 2.12. The molecule has 142 valence electrons. The SMILES string of the molecule is COc1cccc(C(=O)NCC(=O)OCC(=O)Nc2ccc(C)cc2Cl)c1. The van der Waals surface area contributed by atoms with Crippen LogP contribution >= 0.6 is 11.6 Å². The topological polar surface area (TPSA) is 93.7 Å². The number of hydrogen-bond acceptors (Lipinski definition) is 5. The van der Waals surface area contributed by atoms with E-state index >= 15 is 0 Å². The van der Waals surface area contributed by atoms with Crippen molar-refractivity contribution in [1.29, 1.82) is 0 Å². The van der Waals surface area contributed by atoms with Crippen molar-refractivity contribution in [3.05, 3.63) is 58.6 Å². The Morgan fingerprint density at radius 3 is 2.59 bits per heavy atom. The van der Waals surface area contributed by atoms with E-state index in [-0.39, 0.29) is 6.54 Å². The number of nitrogens with one attached hydrogen (secondary N) is 2. The van der Waals surface area contributed by atoms with Gasteiger partial charge in [-0.05, 0) is 42.8 Å². The molecule has 2 amide bonds. The van der Waals surface area contributed by atoms with E-state index < -0.39 is 24.4 Å². The quantitative estimate of drug-likeness (QED) is 0.709. The Morgan fingerprint density at radius 2 is 1.89 bits per heavy atom. The largest absolute Gasteiger partial charge is 0.497 e. The summed E-state index contributed by atoms with van der Waals surface area (Å²) >= 11 is 6.02. The van der Waals surface area contributed by atoms with Crippen molar-refractivity contribution in [2.75, 3.05) is 25.6 Å². The molecule has 0 saturated heterocycles. The van der Waals surface area contributed by atoms with Gasteiger partial charge in [-0.3, -0.25) is 14.4 Å². The maximum atomic E-state index is 12.0. The lowest BCUT2D eigenvalue weighted by molar-refractivity contribution is -0.146. The summed E-state index contributed by atoms with van der Waals surface area (Å²) in [4.78, 5) is 35.5. The molecule has 0 unspecified atom stereocenters. The summed E-state index contributed by atoms with van der Waals surface area (Å²) in [6.45, 7) is 1.02. The van der Waals surface area contributed by atoms with E-state index in [0.717, 1.165) is 5.56 Å². The van der Waals surface area contributed by atoms with Crippen molar-refractivity contribution in [1.82, 2.24) is 5.32 Å². The number of methoxy groups -OCH3 is 1. The third kappa shape index (κ3) is 6.31. The van der Waals surface area contributed by atoms with Gasteiger partial charge in [0.1, 0.15) is 12.3 Å². The minimum atomic E-state index is -0.739. The number of ether oxygens (including phenoxy) is 2. The summed E-state index contributed by atoms with van der Waals surface area (Å²) in [7, 11) is 1.49. The first-order valence-electron chi connectivity index (χ1n) is 8.03. The summed E-state index contributed by atoms with van der Waals surface area (Å²) in [5, 5.41) is 5.35. The highest BCUT2D eigenvalue weighted by atomic mass is 35.5. The number of benzene rings is 2. The number of amides is 2. The van der Waals surface area contributed by atoms with Crippen molar-refractivity contribution in [3.8, 4) is 5.75 Å². The van der Waals surface area contributed by atoms with Crippen molar-refractivity contribution < 1.29 is 23.9 Å². The number of halogens is 1. The normalized spacial score (nSPS) is 10.0. The smallest absolute Gasteiger partial charge is 0.325 e. The lowest BCUT2D eigenvalue weighted by Gasteiger charge is -2.09. The molecule has 0 atom stereocenters. The lowest BCUT2D eigenvalue weighted by atomic mass is 10.2. The molecule has 0 aliphatic rings. The van der Waals surface area contributed by atoms with Gasteiger partial charge >= 0.3 is 5.97 Å². The molecule has 0 radical (unpaired) electrons. The van der Waals surface area contributed by atoms with E-state index in [1.54, 1.807) is 42.5 Å². The highest BCUT2D eigenvalue weighted by Gasteiger charge is 2.12. The minimum Gasteiger partial charge on any atom is -0.497 e. The van der Waals surface area contributed by atoms with E-state index in [2.05, 4.69) is 10.6 Å². The van der Waals surface area contributed by atoms with E-state index in [9.17, 15) is 14.4 Å². The molecule has 2 N–H and O–H groups in total. The van der Waals surface area contributed by atoms with Crippen LogP contribution in [0.2, 0.25) is 5.02 Å². The first-order chi connectivity index (χ1) is 12.9. The van der Waals surface area contributed by atoms with Crippen molar-refractivity contribution in [2.45, 2.75) is 6.92 Å². The van der Waals surface area contributed by atoms with Crippen molar-refractivity contribution >= 4 is 35.1 Å². The van der Waals surface area contributed by atoms with Crippen LogP contribution in [0.25, 0.3) is 0 Å². The molecule has 0 fully saturated rings. The summed E-state index contributed by atoms with van der Waals surface area (Å²) in [6, 6.07) is 11.6. The maximum absolute atomic E-state index is 12.0.